The molecule has 0 saturated carbocycles. The first kappa shape index (κ1) is 45.7. The molecule has 6 rings (SSSR count). The second-order valence-electron chi connectivity index (χ2n) is 12.5. The van der Waals surface area contributed by atoms with Gasteiger partial charge in [-0.3, -0.25) is 9.59 Å². The first-order valence-electron chi connectivity index (χ1n) is 18.8. The number of benzene rings is 4. The second-order valence-corrected chi connectivity index (χ2v) is 13.7. The van der Waals surface area contributed by atoms with E-state index in [9.17, 15) is 19.2 Å². The number of imidazole rings is 2. The summed E-state index contributed by atoms with van der Waals surface area (Å²) in [5.74, 6) is 0.569. The number of hydrogen-bond acceptors (Lipinski definition) is 9. The van der Waals surface area contributed by atoms with Gasteiger partial charge >= 0.3 is 11.9 Å². The van der Waals surface area contributed by atoms with Crippen LogP contribution in [0.25, 0.3) is 0 Å². The van der Waals surface area contributed by atoms with Crippen molar-refractivity contribution in [1.82, 2.24) is 19.1 Å². The maximum Gasteiger partial charge on any atom is 0.358 e. The van der Waals surface area contributed by atoms with E-state index in [2.05, 4.69) is 15.3 Å². The molecule has 0 radical (unpaired) electrons. The summed E-state index contributed by atoms with van der Waals surface area (Å²) >= 11 is 16.6. The molecule has 0 bridgehead atoms. The minimum Gasteiger partial charge on any atom is -0.461 e. The van der Waals surface area contributed by atoms with Gasteiger partial charge in [0, 0.05) is 47.1 Å². The molecule has 0 aliphatic carbocycles. The van der Waals surface area contributed by atoms with Gasteiger partial charge in [0.1, 0.15) is 11.6 Å². The molecule has 0 atom stereocenters. The number of esters is 2. The monoisotopic (exact) mass is 858 g/mol. The summed E-state index contributed by atoms with van der Waals surface area (Å²) in [6.07, 6.45) is 1.30. The zero-order chi connectivity index (χ0) is 42.9. The van der Waals surface area contributed by atoms with E-state index in [0.29, 0.717) is 65.2 Å². The van der Waals surface area contributed by atoms with Crippen molar-refractivity contribution < 1.29 is 28.7 Å². The highest BCUT2D eigenvalue weighted by molar-refractivity contribution is 6.67. The zero-order valence-electron chi connectivity index (χ0n) is 33.1. The topological polar surface area (TPSA) is 160 Å². The quantitative estimate of drug-likeness (QED) is 0.0852. The molecule has 2 heterocycles. The zero-order valence-corrected chi connectivity index (χ0v) is 35.4. The van der Waals surface area contributed by atoms with E-state index in [0.717, 1.165) is 17.0 Å². The van der Waals surface area contributed by atoms with Gasteiger partial charge in [0.15, 0.2) is 23.0 Å². The van der Waals surface area contributed by atoms with Crippen LogP contribution in [0.4, 0.5) is 11.6 Å². The molecule has 4 aromatic carbocycles. The number of aromatic nitrogens is 4. The van der Waals surface area contributed by atoms with Crippen molar-refractivity contribution in [3.8, 4) is 0 Å². The van der Waals surface area contributed by atoms with Crippen LogP contribution in [0.15, 0.2) is 109 Å². The molecule has 6 aromatic rings. The van der Waals surface area contributed by atoms with Crippen molar-refractivity contribution >= 4 is 69.5 Å². The number of rotatable bonds is 13. The van der Waals surface area contributed by atoms with Crippen LogP contribution >= 0.6 is 34.8 Å². The minimum absolute atomic E-state index is 0.191. The molecule has 308 valence electrons. The molecule has 0 fully saturated rings. The predicted octanol–water partition coefficient (Wildman–Crippen LogP) is 9.55. The van der Waals surface area contributed by atoms with Crippen molar-refractivity contribution in [3.63, 3.8) is 0 Å². The fourth-order valence-corrected chi connectivity index (χ4v) is 6.08. The van der Waals surface area contributed by atoms with Crippen LogP contribution < -0.4 is 11.1 Å². The molecule has 15 heteroatoms. The maximum atomic E-state index is 12.7. The molecule has 0 aliphatic heterocycles. The SMILES string of the molecule is CCOC(=O)c1c(N)nc(CC)n1Cc1ccccc1.CCOC(=O)c1c(NC(=O)c2ccc(Cl)cc2)nc(CC)n1Cc1ccccc1.O=C(Cl)c1ccc(Cl)cc1. The van der Waals surface area contributed by atoms with E-state index in [1.54, 1.807) is 66.9 Å². The summed E-state index contributed by atoms with van der Waals surface area (Å²) in [5.41, 5.74) is 9.42. The summed E-state index contributed by atoms with van der Waals surface area (Å²) < 4.78 is 13.9. The smallest absolute Gasteiger partial charge is 0.358 e. The fraction of sp³-hybridized carbons (Fsp3) is 0.227. The number of anilines is 2. The van der Waals surface area contributed by atoms with E-state index >= 15 is 0 Å². The lowest BCUT2D eigenvalue weighted by Crippen LogP contribution is -2.19. The molecule has 0 saturated heterocycles. The lowest BCUT2D eigenvalue weighted by atomic mass is 10.2. The largest absolute Gasteiger partial charge is 0.461 e. The molecule has 0 unspecified atom stereocenters. The van der Waals surface area contributed by atoms with Crippen molar-refractivity contribution in [3.05, 3.63) is 165 Å². The highest BCUT2D eigenvalue weighted by Crippen LogP contribution is 2.23. The third kappa shape index (κ3) is 13.0. The molecular formula is C44H45Cl3N6O6. The first-order chi connectivity index (χ1) is 28.4. The first-order valence-corrected chi connectivity index (χ1v) is 19.9. The fourth-order valence-electron chi connectivity index (χ4n) is 5.70. The highest BCUT2D eigenvalue weighted by atomic mass is 35.5. The van der Waals surface area contributed by atoms with Gasteiger partial charge in [-0.15, -0.1) is 0 Å². The van der Waals surface area contributed by atoms with Crippen LogP contribution in [-0.2, 0) is 35.4 Å². The Hall–Kier alpha value is -5.95. The number of carbonyl (C=O) groups excluding carboxylic acids is 4. The Balaban J connectivity index is 0.000000220. The van der Waals surface area contributed by atoms with E-state index in [1.165, 1.54) is 0 Å². The number of aryl methyl sites for hydroxylation is 2. The Morgan fingerprint density at radius 1 is 0.610 bits per heavy atom. The van der Waals surface area contributed by atoms with Gasteiger partial charge in [0.2, 0.25) is 0 Å². The lowest BCUT2D eigenvalue weighted by Gasteiger charge is -2.12. The number of nitrogen functional groups attached to an aromatic ring is 1. The maximum absolute atomic E-state index is 12.7. The number of hydrogen-bond donors (Lipinski definition) is 2. The normalized spacial score (nSPS) is 10.4. The molecule has 3 N–H and O–H groups in total. The Morgan fingerprint density at radius 3 is 1.47 bits per heavy atom. The summed E-state index contributed by atoms with van der Waals surface area (Å²) in [7, 11) is 0. The Bertz CT molecular complexity index is 2310. The Labute approximate surface area is 358 Å². The van der Waals surface area contributed by atoms with Crippen LogP contribution in [0.1, 0.15) is 92.2 Å². The third-order valence-corrected chi connectivity index (χ3v) is 9.19. The lowest BCUT2D eigenvalue weighted by molar-refractivity contribution is 0.0505. The van der Waals surface area contributed by atoms with Gasteiger partial charge in [0.05, 0.1) is 13.2 Å². The average Bonchev–Trinajstić information content (AvgIpc) is 3.74. The second kappa shape index (κ2) is 22.8. The van der Waals surface area contributed by atoms with Crippen LogP contribution in [-0.4, -0.2) is 55.4 Å². The van der Waals surface area contributed by atoms with Gasteiger partial charge in [-0.05, 0) is 85.1 Å². The van der Waals surface area contributed by atoms with Crippen LogP contribution in [0.5, 0.6) is 0 Å². The number of carbonyl (C=O) groups is 4. The molecule has 1 amide bonds. The Kier molecular flexibility index (Phi) is 17.7. The summed E-state index contributed by atoms with van der Waals surface area (Å²) in [5, 5.41) is 3.43. The van der Waals surface area contributed by atoms with Crippen LogP contribution in [0.3, 0.4) is 0 Å². The molecule has 12 nitrogen and oxygen atoms in total. The number of ether oxygens (including phenoxy) is 2. The number of nitrogens with two attached hydrogens (primary N) is 1. The molecule has 0 aliphatic rings. The van der Waals surface area contributed by atoms with Gasteiger partial charge in [-0.2, -0.15) is 0 Å². The van der Waals surface area contributed by atoms with Gasteiger partial charge in [-0.1, -0.05) is 97.7 Å². The minimum atomic E-state index is -0.526. The molecule has 59 heavy (non-hydrogen) atoms. The van der Waals surface area contributed by atoms with E-state index in [-0.39, 0.29) is 29.8 Å². The standard InChI is InChI=1S/C22H22ClN3O3.C15H19N3O2.C7H4Cl2O/c1-3-18-24-20(25-21(27)16-10-12-17(23)13-11-16)19(22(28)29-4-2)26(18)14-15-8-6-5-7-9-15;1-3-12-17-14(16)13(15(19)20-4-2)18(12)10-11-8-6-5-7-9-11;8-6-3-1-5(2-4-6)7(9)10/h5-13H,3-4,14H2,1-2H3,(H,25,27);5-9H,3-4,10,16H2,1-2H3;1-4H. The van der Waals surface area contributed by atoms with Crippen LogP contribution in [0, 0.1) is 0 Å². The highest BCUT2D eigenvalue weighted by Gasteiger charge is 2.26. The van der Waals surface area contributed by atoms with Crippen molar-refractivity contribution in [1.29, 1.82) is 0 Å². The van der Waals surface area contributed by atoms with Crippen molar-refractivity contribution in [2.24, 2.45) is 0 Å². The third-order valence-electron chi connectivity index (χ3n) is 8.47. The van der Waals surface area contributed by atoms with Gasteiger partial charge in [-0.25, -0.2) is 19.6 Å². The average molecular weight is 860 g/mol. The molecule has 2 aromatic heterocycles. The number of nitrogens with zero attached hydrogens (tertiary/aromatic N) is 4. The molecule has 0 spiro atoms. The van der Waals surface area contributed by atoms with Crippen molar-refractivity contribution in [2.75, 3.05) is 24.3 Å². The number of halogens is 3. The van der Waals surface area contributed by atoms with Crippen LogP contribution in [0.2, 0.25) is 10.0 Å². The summed E-state index contributed by atoms with van der Waals surface area (Å²) in [6.45, 7) is 8.99. The Morgan fingerprint density at radius 2 is 1.03 bits per heavy atom. The molecular weight excluding hydrogens is 815 g/mol. The summed E-state index contributed by atoms with van der Waals surface area (Å²) in [6, 6.07) is 32.5. The van der Waals surface area contributed by atoms with Gasteiger partial charge in [0.25, 0.3) is 11.1 Å². The number of nitrogens with one attached hydrogen (secondary N) is 1. The van der Waals surface area contributed by atoms with E-state index in [4.69, 9.17) is 50.0 Å². The van der Waals surface area contributed by atoms with E-state index < -0.39 is 17.2 Å². The van der Waals surface area contributed by atoms with E-state index in [1.807, 2.05) is 79.1 Å². The summed E-state index contributed by atoms with van der Waals surface area (Å²) in [4.78, 5) is 56.7. The van der Waals surface area contributed by atoms with Gasteiger partial charge < -0.3 is 29.7 Å². The number of amides is 1. The predicted molar refractivity (Wildman–Crippen MR) is 232 cm³/mol. The van der Waals surface area contributed by atoms with Crippen molar-refractivity contribution in [2.45, 2.75) is 53.6 Å².